The highest BCUT2D eigenvalue weighted by atomic mass is 16.5. The van der Waals surface area contributed by atoms with Crippen molar-refractivity contribution in [2.45, 2.75) is 39.7 Å². The smallest absolute Gasteiger partial charge is 0.228 e. The minimum atomic E-state index is 0.359. The van der Waals surface area contributed by atoms with E-state index in [-0.39, 0.29) is 0 Å². The zero-order valence-corrected chi connectivity index (χ0v) is 11.7. The molecule has 1 unspecified atom stereocenters. The molecule has 104 valence electrons. The van der Waals surface area contributed by atoms with Gasteiger partial charge in [0.15, 0.2) is 0 Å². The Morgan fingerprint density at radius 3 is 2.84 bits per heavy atom. The molecule has 2 rings (SSSR count). The number of aromatic nitrogens is 2. The Morgan fingerprint density at radius 1 is 1.37 bits per heavy atom. The molecule has 0 radical (unpaired) electrons. The van der Waals surface area contributed by atoms with Gasteiger partial charge < -0.3 is 14.3 Å². The summed E-state index contributed by atoms with van der Waals surface area (Å²) >= 11 is 0. The molecule has 0 aromatic carbocycles. The molecule has 0 saturated heterocycles. The van der Waals surface area contributed by atoms with Gasteiger partial charge in [0.25, 0.3) is 0 Å². The van der Waals surface area contributed by atoms with Crippen molar-refractivity contribution in [3.8, 4) is 11.4 Å². The Morgan fingerprint density at radius 2 is 2.21 bits per heavy atom. The van der Waals surface area contributed by atoms with Gasteiger partial charge in [0.2, 0.25) is 11.7 Å². The molecule has 0 fully saturated rings. The average Bonchev–Trinajstić information content (AvgIpc) is 3.04. The van der Waals surface area contributed by atoms with Crippen LogP contribution in [0.1, 0.15) is 33.1 Å². The number of furan rings is 1. The van der Waals surface area contributed by atoms with Crippen LogP contribution in [0.2, 0.25) is 0 Å². The molecule has 0 aliphatic rings. The van der Waals surface area contributed by atoms with Crippen molar-refractivity contribution in [3.05, 3.63) is 24.5 Å². The lowest BCUT2D eigenvalue weighted by atomic mass is 10.0. The Hall–Kier alpha value is -1.62. The summed E-state index contributed by atoms with van der Waals surface area (Å²) in [5.41, 5.74) is 0.845. The quantitative estimate of drug-likeness (QED) is 0.832. The standard InChI is InChI=1S/C14H21N3O2/c1-4-6-15-12(10(2)3)8-13-16-14(17-19-13)11-5-7-18-9-11/h5,7,9-10,12,15H,4,6,8H2,1-3H3. The molecule has 2 aromatic rings. The summed E-state index contributed by atoms with van der Waals surface area (Å²) in [7, 11) is 0. The maximum absolute atomic E-state index is 5.31. The fourth-order valence-corrected chi connectivity index (χ4v) is 1.91. The lowest BCUT2D eigenvalue weighted by molar-refractivity contribution is 0.326. The molecule has 19 heavy (non-hydrogen) atoms. The summed E-state index contributed by atoms with van der Waals surface area (Å²) in [6.45, 7) is 7.56. The number of rotatable bonds is 7. The van der Waals surface area contributed by atoms with E-state index >= 15 is 0 Å². The highest BCUT2D eigenvalue weighted by molar-refractivity contribution is 5.51. The van der Waals surface area contributed by atoms with Crippen LogP contribution in [-0.2, 0) is 6.42 Å². The van der Waals surface area contributed by atoms with E-state index in [2.05, 4.69) is 36.2 Å². The third-order valence-electron chi connectivity index (χ3n) is 3.10. The van der Waals surface area contributed by atoms with E-state index in [9.17, 15) is 0 Å². The van der Waals surface area contributed by atoms with Crippen LogP contribution in [0.4, 0.5) is 0 Å². The number of nitrogens with zero attached hydrogens (tertiary/aromatic N) is 2. The highest BCUT2D eigenvalue weighted by Crippen LogP contribution is 2.17. The Kier molecular flexibility index (Phi) is 4.74. The fraction of sp³-hybridized carbons (Fsp3) is 0.571. The molecule has 0 bridgehead atoms. The van der Waals surface area contributed by atoms with Gasteiger partial charge in [-0.05, 0) is 24.9 Å². The molecule has 5 nitrogen and oxygen atoms in total. The van der Waals surface area contributed by atoms with Crippen LogP contribution in [0.25, 0.3) is 11.4 Å². The minimum Gasteiger partial charge on any atom is -0.472 e. The second-order valence-corrected chi connectivity index (χ2v) is 5.03. The second-order valence-electron chi connectivity index (χ2n) is 5.03. The first-order valence-electron chi connectivity index (χ1n) is 6.79. The highest BCUT2D eigenvalue weighted by Gasteiger charge is 2.18. The zero-order valence-electron chi connectivity index (χ0n) is 11.7. The van der Waals surface area contributed by atoms with Crippen molar-refractivity contribution in [2.75, 3.05) is 6.54 Å². The maximum Gasteiger partial charge on any atom is 0.228 e. The van der Waals surface area contributed by atoms with Gasteiger partial charge in [-0.2, -0.15) is 4.98 Å². The summed E-state index contributed by atoms with van der Waals surface area (Å²) in [5.74, 6) is 1.77. The van der Waals surface area contributed by atoms with E-state index in [0.717, 1.165) is 24.9 Å². The monoisotopic (exact) mass is 263 g/mol. The van der Waals surface area contributed by atoms with Gasteiger partial charge in [-0.1, -0.05) is 25.9 Å². The van der Waals surface area contributed by atoms with Crippen LogP contribution < -0.4 is 5.32 Å². The van der Waals surface area contributed by atoms with E-state index < -0.39 is 0 Å². The van der Waals surface area contributed by atoms with Crippen LogP contribution >= 0.6 is 0 Å². The third-order valence-corrected chi connectivity index (χ3v) is 3.10. The lowest BCUT2D eigenvalue weighted by Gasteiger charge is -2.20. The van der Waals surface area contributed by atoms with Crippen molar-refractivity contribution in [2.24, 2.45) is 5.92 Å². The predicted molar refractivity (Wildman–Crippen MR) is 72.6 cm³/mol. The Labute approximate surface area is 113 Å². The minimum absolute atomic E-state index is 0.359. The first-order chi connectivity index (χ1) is 9.20. The van der Waals surface area contributed by atoms with Gasteiger partial charge >= 0.3 is 0 Å². The normalized spacial score (nSPS) is 13.1. The first-order valence-corrected chi connectivity index (χ1v) is 6.79. The van der Waals surface area contributed by atoms with E-state index in [1.165, 1.54) is 0 Å². The number of hydrogen-bond donors (Lipinski definition) is 1. The summed E-state index contributed by atoms with van der Waals surface area (Å²) < 4.78 is 10.3. The van der Waals surface area contributed by atoms with Crippen LogP contribution in [0.15, 0.2) is 27.5 Å². The summed E-state index contributed by atoms with van der Waals surface area (Å²) in [5, 5.41) is 7.49. The number of hydrogen-bond acceptors (Lipinski definition) is 5. The van der Waals surface area contributed by atoms with Gasteiger partial charge in [0, 0.05) is 12.5 Å². The summed E-state index contributed by atoms with van der Waals surface area (Å²) in [6, 6.07) is 2.18. The largest absolute Gasteiger partial charge is 0.472 e. The molecule has 2 aromatic heterocycles. The molecule has 0 amide bonds. The number of nitrogens with one attached hydrogen (secondary N) is 1. The Balaban J connectivity index is 2.01. The second kappa shape index (κ2) is 6.52. The molecular formula is C14H21N3O2. The predicted octanol–water partition coefficient (Wildman–Crippen LogP) is 2.90. The molecular weight excluding hydrogens is 242 g/mol. The summed E-state index contributed by atoms with van der Waals surface area (Å²) in [4.78, 5) is 4.41. The molecule has 5 heteroatoms. The van der Waals surface area contributed by atoms with Gasteiger partial charge in [-0.15, -0.1) is 0 Å². The molecule has 2 heterocycles. The van der Waals surface area contributed by atoms with E-state index in [1.54, 1.807) is 12.5 Å². The SMILES string of the molecule is CCCNC(Cc1nc(-c2ccoc2)no1)C(C)C. The van der Waals surface area contributed by atoms with Gasteiger partial charge in [0.1, 0.15) is 6.26 Å². The summed E-state index contributed by atoms with van der Waals surface area (Å²) in [6.07, 6.45) is 5.09. The van der Waals surface area contributed by atoms with Crippen molar-refractivity contribution in [3.63, 3.8) is 0 Å². The van der Waals surface area contributed by atoms with E-state index in [0.29, 0.717) is 23.7 Å². The average molecular weight is 263 g/mol. The topological polar surface area (TPSA) is 64.1 Å². The first kappa shape index (κ1) is 13.8. The van der Waals surface area contributed by atoms with Crippen molar-refractivity contribution < 1.29 is 8.94 Å². The zero-order chi connectivity index (χ0) is 13.7. The van der Waals surface area contributed by atoms with Crippen LogP contribution in [0.5, 0.6) is 0 Å². The van der Waals surface area contributed by atoms with Crippen molar-refractivity contribution >= 4 is 0 Å². The molecule has 0 aliphatic carbocycles. The van der Waals surface area contributed by atoms with Gasteiger partial charge in [-0.3, -0.25) is 0 Å². The van der Waals surface area contributed by atoms with Crippen LogP contribution in [0, 0.1) is 5.92 Å². The third kappa shape index (κ3) is 3.67. The molecule has 0 spiro atoms. The van der Waals surface area contributed by atoms with E-state index in [1.807, 2.05) is 6.07 Å². The molecule has 0 saturated carbocycles. The van der Waals surface area contributed by atoms with Crippen LogP contribution in [-0.4, -0.2) is 22.7 Å². The van der Waals surface area contributed by atoms with Gasteiger partial charge in [0.05, 0.1) is 11.8 Å². The van der Waals surface area contributed by atoms with Gasteiger partial charge in [-0.25, -0.2) is 0 Å². The molecule has 0 aliphatic heterocycles. The lowest BCUT2D eigenvalue weighted by Crippen LogP contribution is -2.36. The van der Waals surface area contributed by atoms with Crippen molar-refractivity contribution in [1.82, 2.24) is 15.5 Å². The van der Waals surface area contributed by atoms with E-state index in [4.69, 9.17) is 8.94 Å². The Bertz CT molecular complexity index is 477. The van der Waals surface area contributed by atoms with Crippen molar-refractivity contribution in [1.29, 1.82) is 0 Å². The fourth-order valence-electron chi connectivity index (χ4n) is 1.91. The molecule has 1 atom stereocenters. The maximum atomic E-state index is 5.31. The molecule has 1 N–H and O–H groups in total. The van der Waals surface area contributed by atoms with Crippen LogP contribution in [0.3, 0.4) is 0 Å².